The van der Waals surface area contributed by atoms with Crippen LogP contribution in [0.4, 0.5) is 0 Å². The lowest BCUT2D eigenvalue weighted by Crippen LogP contribution is -2.14. The summed E-state index contributed by atoms with van der Waals surface area (Å²) in [5.41, 5.74) is 2.55. The first-order valence-electron chi connectivity index (χ1n) is 5.74. The lowest BCUT2D eigenvalue weighted by atomic mass is 10.2. The third-order valence-corrected chi connectivity index (χ3v) is 3.06. The summed E-state index contributed by atoms with van der Waals surface area (Å²) >= 11 is 6.03. The van der Waals surface area contributed by atoms with E-state index in [4.69, 9.17) is 11.6 Å². The molecule has 0 unspecified atom stereocenters. The average molecular weight is 237 g/mol. The molecule has 0 amide bonds. The van der Waals surface area contributed by atoms with Gasteiger partial charge in [0.2, 0.25) is 0 Å². The van der Waals surface area contributed by atoms with Crippen LogP contribution in [0.15, 0.2) is 24.3 Å². The number of fused-ring (bicyclic) bond motifs is 1. The summed E-state index contributed by atoms with van der Waals surface area (Å²) < 4.78 is 2.31. The van der Waals surface area contributed by atoms with E-state index in [1.54, 1.807) is 0 Å². The van der Waals surface area contributed by atoms with Crippen molar-refractivity contribution < 1.29 is 0 Å². The van der Waals surface area contributed by atoms with E-state index in [0.29, 0.717) is 0 Å². The zero-order valence-corrected chi connectivity index (χ0v) is 10.5. The molecule has 0 radical (unpaired) electrons. The third kappa shape index (κ3) is 2.08. The Kier molecular flexibility index (Phi) is 3.52. The second-order valence-electron chi connectivity index (χ2n) is 3.86. The molecule has 2 aromatic rings. The maximum absolute atomic E-state index is 6.03. The minimum atomic E-state index is 0.801. The van der Waals surface area contributed by atoms with Crippen molar-refractivity contribution in [2.24, 2.45) is 0 Å². The van der Waals surface area contributed by atoms with Crippen molar-refractivity contribution in [1.29, 1.82) is 0 Å². The van der Waals surface area contributed by atoms with Gasteiger partial charge < -0.3 is 9.88 Å². The van der Waals surface area contributed by atoms with Gasteiger partial charge in [0.1, 0.15) is 0 Å². The number of benzene rings is 1. The molecule has 0 aliphatic heterocycles. The van der Waals surface area contributed by atoms with Gasteiger partial charge in [0.15, 0.2) is 0 Å². The van der Waals surface area contributed by atoms with E-state index >= 15 is 0 Å². The Hall–Kier alpha value is -0.990. The van der Waals surface area contributed by atoms with Gasteiger partial charge in [-0.15, -0.1) is 0 Å². The number of nitrogens with one attached hydrogen (secondary N) is 1. The van der Waals surface area contributed by atoms with Crippen LogP contribution in [0.3, 0.4) is 0 Å². The van der Waals surface area contributed by atoms with E-state index in [2.05, 4.69) is 35.9 Å². The molecule has 0 aliphatic rings. The minimum Gasteiger partial charge on any atom is -0.344 e. The highest BCUT2D eigenvalue weighted by molar-refractivity contribution is 6.31. The van der Waals surface area contributed by atoms with Gasteiger partial charge in [-0.2, -0.15) is 0 Å². The molecule has 2 rings (SSSR count). The van der Waals surface area contributed by atoms with Crippen LogP contribution in [0.5, 0.6) is 0 Å². The molecule has 1 aromatic carbocycles. The van der Waals surface area contributed by atoms with E-state index in [9.17, 15) is 0 Å². The number of aromatic nitrogens is 1. The largest absolute Gasteiger partial charge is 0.344 e. The first-order chi connectivity index (χ1) is 7.76. The topological polar surface area (TPSA) is 17.0 Å². The van der Waals surface area contributed by atoms with Crippen LogP contribution in [0.25, 0.3) is 10.9 Å². The lowest BCUT2D eigenvalue weighted by molar-refractivity contribution is 0.656. The molecule has 1 heterocycles. The SMILES string of the molecule is CCNCc1cc2ccc(Cl)cc2n1CC. The van der Waals surface area contributed by atoms with Crippen molar-refractivity contribution in [3.8, 4) is 0 Å². The van der Waals surface area contributed by atoms with Gasteiger partial charge in [0.05, 0.1) is 0 Å². The number of hydrogen-bond acceptors (Lipinski definition) is 1. The second-order valence-corrected chi connectivity index (χ2v) is 4.30. The summed E-state index contributed by atoms with van der Waals surface area (Å²) in [5.74, 6) is 0. The molecule has 0 saturated carbocycles. The Morgan fingerprint density at radius 3 is 2.75 bits per heavy atom. The van der Waals surface area contributed by atoms with Gasteiger partial charge in [-0.3, -0.25) is 0 Å². The number of hydrogen-bond donors (Lipinski definition) is 1. The summed E-state index contributed by atoms with van der Waals surface area (Å²) in [7, 11) is 0. The molecule has 0 bridgehead atoms. The Morgan fingerprint density at radius 2 is 2.06 bits per heavy atom. The van der Waals surface area contributed by atoms with Crippen LogP contribution >= 0.6 is 11.6 Å². The van der Waals surface area contributed by atoms with Crippen LogP contribution in [0, 0.1) is 0 Å². The molecule has 1 N–H and O–H groups in total. The summed E-state index contributed by atoms with van der Waals surface area (Å²) in [4.78, 5) is 0. The van der Waals surface area contributed by atoms with Crippen molar-refractivity contribution >= 4 is 22.5 Å². The Labute approximate surface area is 101 Å². The number of halogens is 1. The van der Waals surface area contributed by atoms with Gasteiger partial charge in [-0.05, 0) is 31.7 Å². The van der Waals surface area contributed by atoms with Gasteiger partial charge >= 0.3 is 0 Å². The monoisotopic (exact) mass is 236 g/mol. The van der Waals surface area contributed by atoms with Gasteiger partial charge in [0, 0.05) is 34.7 Å². The van der Waals surface area contributed by atoms with Crippen LogP contribution in [0.2, 0.25) is 5.02 Å². The molecule has 0 spiro atoms. The standard InChI is InChI=1S/C13H17ClN2/c1-3-15-9-12-7-10-5-6-11(14)8-13(10)16(12)4-2/h5-8,15H,3-4,9H2,1-2H3. The van der Waals surface area contributed by atoms with Crippen LogP contribution in [-0.2, 0) is 13.1 Å². The molecule has 0 aliphatic carbocycles. The fourth-order valence-corrected chi connectivity index (χ4v) is 2.22. The maximum Gasteiger partial charge on any atom is 0.0497 e. The van der Waals surface area contributed by atoms with E-state index < -0.39 is 0 Å². The van der Waals surface area contributed by atoms with E-state index in [-0.39, 0.29) is 0 Å². The molecule has 2 nitrogen and oxygen atoms in total. The van der Waals surface area contributed by atoms with E-state index in [0.717, 1.165) is 24.7 Å². The van der Waals surface area contributed by atoms with Crippen LogP contribution in [0.1, 0.15) is 19.5 Å². The van der Waals surface area contributed by atoms with E-state index in [1.165, 1.54) is 16.6 Å². The molecule has 0 saturated heterocycles. The fourth-order valence-electron chi connectivity index (χ4n) is 2.06. The number of rotatable bonds is 4. The van der Waals surface area contributed by atoms with Gasteiger partial charge in [-0.1, -0.05) is 24.6 Å². The molecule has 0 atom stereocenters. The molecule has 16 heavy (non-hydrogen) atoms. The molecule has 0 fully saturated rings. The predicted octanol–water partition coefficient (Wildman–Crippen LogP) is 3.42. The first-order valence-corrected chi connectivity index (χ1v) is 6.12. The summed E-state index contributed by atoms with van der Waals surface area (Å²) in [6.07, 6.45) is 0. The molecule has 1 aromatic heterocycles. The summed E-state index contributed by atoms with van der Waals surface area (Å²) in [6.45, 7) is 7.17. The zero-order valence-electron chi connectivity index (χ0n) is 9.76. The number of aryl methyl sites for hydroxylation is 1. The Balaban J connectivity index is 2.49. The molecular weight excluding hydrogens is 220 g/mol. The predicted molar refractivity (Wildman–Crippen MR) is 70.0 cm³/mol. The second kappa shape index (κ2) is 4.89. The molecular formula is C13H17ClN2. The van der Waals surface area contributed by atoms with E-state index in [1.807, 2.05) is 12.1 Å². The number of nitrogens with zero attached hydrogens (tertiary/aromatic N) is 1. The van der Waals surface area contributed by atoms with Gasteiger partial charge in [-0.25, -0.2) is 0 Å². The zero-order chi connectivity index (χ0) is 11.5. The smallest absolute Gasteiger partial charge is 0.0497 e. The highest BCUT2D eigenvalue weighted by Gasteiger charge is 2.07. The Morgan fingerprint density at radius 1 is 1.25 bits per heavy atom. The van der Waals surface area contributed by atoms with Crippen molar-refractivity contribution in [3.05, 3.63) is 35.0 Å². The highest BCUT2D eigenvalue weighted by atomic mass is 35.5. The third-order valence-electron chi connectivity index (χ3n) is 2.82. The quantitative estimate of drug-likeness (QED) is 0.861. The van der Waals surface area contributed by atoms with Crippen molar-refractivity contribution in [3.63, 3.8) is 0 Å². The van der Waals surface area contributed by atoms with Crippen molar-refractivity contribution in [1.82, 2.24) is 9.88 Å². The van der Waals surface area contributed by atoms with Crippen LogP contribution in [-0.4, -0.2) is 11.1 Å². The first kappa shape index (κ1) is 11.5. The summed E-state index contributed by atoms with van der Waals surface area (Å²) in [5, 5.41) is 5.43. The normalized spacial score (nSPS) is 11.2. The molecule has 3 heteroatoms. The van der Waals surface area contributed by atoms with Crippen LogP contribution < -0.4 is 5.32 Å². The lowest BCUT2D eigenvalue weighted by Gasteiger charge is -2.08. The molecule has 86 valence electrons. The summed E-state index contributed by atoms with van der Waals surface area (Å²) in [6, 6.07) is 8.30. The Bertz CT molecular complexity index is 488. The van der Waals surface area contributed by atoms with Crippen molar-refractivity contribution in [2.45, 2.75) is 26.9 Å². The van der Waals surface area contributed by atoms with Crippen molar-refractivity contribution in [2.75, 3.05) is 6.54 Å². The fraction of sp³-hybridized carbons (Fsp3) is 0.385. The maximum atomic E-state index is 6.03. The highest BCUT2D eigenvalue weighted by Crippen LogP contribution is 2.23. The van der Waals surface area contributed by atoms with Gasteiger partial charge in [0.25, 0.3) is 0 Å². The average Bonchev–Trinajstić information content (AvgIpc) is 2.63. The minimum absolute atomic E-state index is 0.801.